The number of hydrogen-bond donors (Lipinski definition) is 0. The molecule has 0 aromatic heterocycles. The highest BCUT2D eigenvalue weighted by atomic mass is 32.2. The molecule has 0 spiro atoms. The Morgan fingerprint density at radius 1 is 1.08 bits per heavy atom. The average molecular weight is 362 g/mol. The topological polar surface area (TPSA) is 49.9 Å². The second-order valence-electron chi connectivity index (χ2n) is 5.67. The molecule has 0 amide bonds. The lowest BCUT2D eigenvalue weighted by atomic mass is 10.1. The van der Waals surface area contributed by atoms with Crippen LogP contribution >= 0.6 is 11.8 Å². The monoisotopic (exact) mass is 362 g/mol. The van der Waals surface area contributed by atoms with Gasteiger partial charge in [0.25, 0.3) is 0 Å². The Morgan fingerprint density at radius 2 is 1.68 bits per heavy atom. The lowest BCUT2D eigenvalue weighted by molar-refractivity contribution is -0.140. The first-order valence-electron chi connectivity index (χ1n) is 7.94. The third-order valence-electron chi connectivity index (χ3n) is 3.45. The highest BCUT2D eigenvalue weighted by Crippen LogP contribution is 2.21. The maximum atomic E-state index is 12.7. The molecular weight excluding hydrogens is 336 g/mol. The van der Waals surface area contributed by atoms with Crippen LogP contribution in [0, 0.1) is 0 Å². The van der Waals surface area contributed by atoms with Gasteiger partial charge in [-0.1, -0.05) is 0 Å². The van der Waals surface area contributed by atoms with E-state index in [9.17, 15) is 9.59 Å². The van der Waals surface area contributed by atoms with Crippen molar-refractivity contribution in [2.45, 2.75) is 6.92 Å². The molecule has 0 N–H and O–H groups in total. The maximum absolute atomic E-state index is 12.7. The molecule has 136 valence electrons. The van der Waals surface area contributed by atoms with Gasteiger partial charge in [0.1, 0.15) is 5.70 Å². The molecule has 5 nitrogen and oxygen atoms in total. The van der Waals surface area contributed by atoms with E-state index in [0.717, 1.165) is 5.69 Å². The molecule has 0 heterocycles. The number of nitrogens with zero attached hydrogens (tertiary/aromatic N) is 2. The molecule has 0 saturated heterocycles. The van der Waals surface area contributed by atoms with Crippen LogP contribution in [-0.4, -0.2) is 57.7 Å². The number of anilines is 1. The molecule has 0 bridgehead atoms. The first-order chi connectivity index (χ1) is 11.8. The van der Waals surface area contributed by atoms with Crippen molar-refractivity contribution in [2.24, 2.45) is 0 Å². The van der Waals surface area contributed by atoms with Crippen LogP contribution in [0.25, 0.3) is 0 Å². The summed E-state index contributed by atoms with van der Waals surface area (Å²) in [6.07, 6.45) is 5.13. The molecule has 0 radical (unpaired) electrons. The van der Waals surface area contributed by atoms with E-state index in [1.54, 1.807) is 38.1 Å². The van der Waals surface area contributed by atoms with Gasteiger partial charge >= 0.3 is 5.97 Å². The summed E-state index contributed by atoms with van der Waals surface area (Å²) in [5.41, 5.74) is 2.04. The molecular formula is C19H26N2O3S. The summed E-state index contributed by atoms with van der Waals surface area (Å²) in [6, 6.07) is 7.43. The molecule has 0 aliphatic rings. The van der Waals surface area contributed by atoms with Crippen LogP contribution in [0.2, 0.25) is 0 Å². The van der Waals surface area contributed by atoms with Gasteiger partial charge in [0.05, 0.1) is 11.5 Å². The zero-order chi connectivity index (χ0) is 19.0. The van der Waals surface area contributed by atoms with Crippen molar-refractivity contribution in [3.05, 3.63) is 52.6 Å². The first kappa shape index (κ1) is 20.8. The van der Waals surface area contributed by atoms with Gasteiger partial charge in [0.2, 0.25) is 0 Å². The fraction of sp³-hybridized carbons (Fsp3) is 0.368. The molecule has 0 saturated carbocycles. The number of likely N-dealkylation sites (N-methyl/N-ethyl adjacent to an activating group) is 1. The Balaban J connectivity index is 3.09. The smallest absolute Gasteiger partial charge is 0.354 e. The van der Waals surface area contributed by atoms with E-state index in [0.29, 0.717) is 22.8 Å². The molecule has 0 aliphatic carbocycles. The van der Waals surface area contributed by atoms with Gasteiger partial charge in [-0.2, -0.15) is 0 Å². The zero-order valence-electron chi connectivity index (χ0n) is 15.7. The van der Waals surface area contributed by atoms with Gasteiger partial charge in [0, 0.05) is 39.4 Å². The van der Waals surface area contributed by atoms with E-state index in [1.165, 1.54) is 11.8 Å². The molecule has 1 aromatic carbocycles. The number of hydrogen-bond acceptors (Lipinski definition) is 6. The number of allylic oxidation sites excluding steroid dienone is 3. The minimum absolute atomic E-state index is 0.0731. The Bertz CT molecular complexity index is 662. The summed E-state index contributed by atoms with van der Waals surface area (Å²) in [7, 11) is 7.42. The lowest BCUT2D eigenvalue weighted by Gasteiger charge is -2.15. The quantitative estimate of drug-likeness (QED) is 0.306. The summed E-state index contributed by atoms with van der Waals surface area (Å²) in [4.78, 5) is 28.8. The molecule has 1 rings (SSSR count). The number of carbonyl (C=O) groups is 2. The predicted molar refractivity (Wildman–Crippen MR) is 105 cm³/mol. The standard InChI is InChI=1S/C19H26N2O3S/c1-7-24-19(23)16(21(4)5)12-13-17(25-6)18(22)14-8-10-15(11-9-14)20(2)3/h8-13H,7H2,1-6H3/b16-12-,17-13-. The van der Waals surface area contributed by atoms with E-state index >= 15 is 0 Å². The van der Waals surface area contributed by atoms with Crippen LogP contribution in [0.4, 0.5) is 5.69 Å². The largest absolute Gasteiger partial charge is 0.461 e. The molecule has 0 fully saturated rings. The maximum Gasteiger partial charge on any atom is 0.354 e. The number of carbonyl (C=O) groups excluding carboxylic acids is 2. The highest BCUT2D eigenvalue weighted by Gasteiger charge is 2.14. The summed E-state index contributed by atoms with van der Waals surface area (Å²) >= 11 is 1.35. The van der Waals surface area contributed by atoms with Crippen LogP contribution in [0.3, 0.4) is 0 Å². The molecule has 25 heavy (non-hydrogen) atoms. The molecule has 6 heteroatoms. The van der Waals surface area contributed by atoms with Crippen LogP contribution in [0.5, 0.6) is 0 Å². The van der Waals surface area contributed by atoms with E-state index in [2.05, 4.69) is 0 Å². The van der Waals surface area contributed by atoms with Crippen molar-refractivity contribution >= 4 is 29.2 Å². The summed E-state index contributed by atoms with van der Waals surface area (Å²) in [6.45, 7) is 2.07. The van der Waals surface area contributed by atoms with Gasteiger partial charge in [-0.25, -0.2) is 4.79 Å². The van der Waals surface area contributed by atoms with Crippen LogP contribution < -0.4 is 4.90 Å². The van der Waals surface area contributed by atoms with Crippen molar-refractivity contribution in [3.8, 4) is 0 Å². The van der Waals surface area contributed by atoms with E-state index in [1.807, 2.05) is 49.5 Å². The fourth-order valence-corrected chi connectivity index (χ4v) is 2.56. The molecule has 1 aromatic rings. The Labute approximate surface area is 154 Å². The number of ketones is 1. The van der Waals surface area contributed by atoms with Crippen LogP contribution in [0.1, 0.15) is 17.3 Å². The summed E-state index contributed by atoms with van der Waals surface area (Å²) < 4.78 is 5.04. The zero-order valence-corrected chi connectivity index (χ0v) is 16.5. The number of benzene rings is 1. The van der Waals surface area contributed by atoms with Gasteiger partial charge in [0.15, 0.2) is 5.78 Å². The fourth-order valence-electron chi connectivity index (χ4n) is 2.05. The normalized spacial score (nSPS) is 11.9. The Morgan fingerprint density at radius 3 is 2.12 bits per heavy atom. The first-order valence-corrected chi connectivity index (χ1v) is 9.16. The Hall–Kier alpha value is -2.21. The van der Waals surface area contributed by atoms with Gasteiger partial charge in [-0.3, -0.25) is 4.79 Å². The Kier molecular flexibility index (Phi) is 8.28. The van der Waals surface area contributed by atoms with Crippen molar-refractivity contribution in [2.75, 3.05) is 46.0 Å². The third kappa shape index (κ3) is 5.98. The van der Waals surface area contributed by atoms with Crippen molar-refractivity contribution in [1.82, 2.24) is 4.90 Å². The second-order valence-corrected chi connectivity index (χ2v) is 6.52. The van der Waals surface area contributed by atoms with E-state index in [4.69, 9.17) is 4.74 Å². The minimum atomic E-state index is -0.410. The van der Waals surface area contributed by atoms with Gasteiger partial charge in [-0.15, -0.1) is 11.8 Å². The van der Waals surface area contributed by atoms with Crippen molar-refractivity contribution in [3.63, 3.8) is 0 Å². The highest BCUT2D eigenvalue weighted by molar-refractivity contribution is 8.03. The molecule has 0 unspecified atom stereocenters. The van der Waals surface area contributed by atoms with Crippen molar-refractivity contribution < 1.29 is 14.3 Å². The summed E-state index contributed by atoms with van der Waals surface area (Å²) in [5.74, 6) is -0.483. The lowest BCUT2D eigenvalue weighted by Crippen LogP contribution is -2.21. The second kappa shape index (κ2) is 9.93. The van der Waals surface area contributed by atoms with Gasteiger partial charge < -0.3 is 14.5 Å². The van der Waals surface area contributed by atoms with Crippen LogP contribution in [-0.2, 0) is 9.53 Å². The van der Waals surface area contributed by atoms with Gasteiger partial charge in [-0.05, 0) is 49.6 Å². The van der Waals surface area contributed by atoms with E-state index in [-0.39, 0.29) is 5.78 Å². The average Bonchev–Trinajstić information content (AvgIpc) is 2.58. The number of thioether (sulfide) groups is 1. The number of rotatable bonds is 8. The predicted octanol–water partition coefficient (Wildman–Crippen LogP) is 3.19. The SMILES string of the molecule is CCOC(=O)/C(=C/C=C(\SC)C(=O)c1ccc(N(C)C)cc1)N(C)C. The molecule has 0 atom stereocenters. The minimum Gasteiger partial charge on any atom is -0.461 e. The third-order valence-corrected chi connectivity index (χ3v) is 4.21. The van der Waals surface area contributed by atoms with Crippen molar-refractivity contribution in [1.29, 1.82) is 0 Å². The van der Waals surface area contributed by atoms with Crippen LogP contribution in [0.15, 0.2) is 47.0 Å². The number of Topliss-reactive ketones (excluding diaryl/α,β-unsaturated/α-hetero) is 1. The van der Waals surface area contributed by atoms with E-state index < -0.39 is 5.97 Å². The number of esters is 1. The summed E-state index contributed by atoms with van der Waals surface area (Å²) in [5, 5.41) is 0. The number of ether oxygens (including phenoxy) is 1. The molecule has 0 aliphatic heterocycles.